The summed E-state index contributed by atoms with van der Waals surface area (Å²) in [6, 6.07) is 10.9. The molecule has 1 amide bonds. The molecular weight excluding hydrogens is 613 g/mol. The van der Waals surface area contributed by atoms with Crippen LogP contribution in [0.2, 0.25) is 0 Å². The van der Waals surface area contributed by atoms with Crippen molar-refractivity contribution in [1.29, 1.82) is 0 Å². The fourth-order valence-electron chi connectivity index (χ4n) is 4.55. The normalized spacial score (nSPS) is 14.1. The number of nitrogens with one attached hydrogen (secondary N) is 3. The molecule has 1 aliphatic rings. The largest absolute Gasteiger partial charge is 0.444 e. The van der Waals surface area contributed by atoms with Gasteiger partial charge in [-0.3, -0.25) is 0 Å². The van der Waals surface area contributed by atoms with Gasteiger partial charge < -0.3 is 25.3 Å². The molecule has 0 fully saturated rings. The number of ether oxygens (including phenoxy) is 1. The van der Waals surface area contributed by atoms with Crippen LogP contribution in [-0.2, 0) is 17.5 Å². The number of carbonyl (C=O) groups excluding carboxylic acids is 1. The minimum atomic E-state index is -4.37. The maximum atomic E-state index is 12.8. The number of hydrogen-bond donors (Lipinski definition) is 3. The summed E-state index contributed by atoms with van der Waals surface area (Å²) in [6.45, 7) is 6.89. The standard InChI is InChI=1S/C30H30BrF3N6O2/c1-29(2,3)42-28(41)40-12-10-19(11-13-40)23-16-35-25-9-8-21(14-22(23)25)38-27-37-17-24(31)26(39-27)36-15-18-4-6-20(7-5-18)30(32,33)34/h4-10,14,16-17,35H,11-13,15H2,1-3H3,(H2,36,37,38,39). The highest BCUT2D eigenvalue weighted by Gasteiger charge is 2.30. The van der Waals surface area contributed by atoms with E-state index in [1.54, 1.807) is 11.1 Å². The number of nitrogens with zero attached hydrogens (tertiary/aromatic N) is 3. The number of H-pyrrole nitrogens is 1. The van der Waals surface area contributed by atoms with Crippen LogP contribution in [0.15, 0.2) is 65.4 Å². The molecule has 2 aromatic carbocycles. The third kappa shape index (κ3) is 7.04. The van der Waals surface area contributed by atoms with Crippen LogP contribution in [0.4, 0.5) is 35.4 Å². The van der Waals surface area contributed by atoms with Crippen LogP contribution in [0.25, 0.3) is 16.5 Å². The molecule has 0 spiro atoms. The van der Waals surface area contributed by atoms with Gasteiger partial charge in [0.15, 0.2) is 0 Å². The van der Waals surface area contributed by atoms with Gasteiger partial charge in [-0.2, -0.15) is 18.2 Å². The summed E-state index contributed by atoms with van der Waals surface area (Å²) in [5.41, 5.74) is 3.42. The highest BCUT2D eigenvalue weighted by atomic mass is 79.9. The van der Waals surface area contributed by atoms with Gasteiger partial charge in [0.2, 0.25) is 5.95 Å². The summed E-state index contributed by atoms with van der Waals surface area (Å²) >= 11 is 3.43. The number of aromatic amines is 1. The molecule has 2 aromatic heterocycles. The van der Waals surface area contributed by atoms with E-state index in [1.165, 1.54) is 12.1 Å². The van der Waals surface area contributed by atoms with Crippen molar-refractivity contribution in [2.75, 3.05) is 23.7 Å². The molecular formula is C30H30BrF3N6O2. The molecule has 42 heavy (non-hydrogen) atoms. The van der Waals surface area contributed by atoms with Crippen LogP contribution in [-0.4, -0.2) is 44.6 Å². The number of aromatic nitrogens is 3. The number of benzene rings is 2. The van der Waals surface area contributed by atoms with Crippen LogP contribution in [0.1, 0.15) is 43.9 Å². The average Bonchev–Trinajstić information content (AvgIpc) is 3.35. The Bertz CT molecular complexity index is 1630. The predicted octanol–water partition coefficient (Wildman–Crippen LogP) is 8.12. The second kappa shape index (κ2) is 11.7. The van der Waals surface area contributed by atoms with E-state index < -0.39 is 17.3 Å². The molecule has 220 valence electrons. The van der Waals surface area contributed by atoms with Crippen molar-refractivity contribution in [3.8, 4) is 0 Å². The van der Waals surface area contributed by atoms with Gasteiger partial charge in [-0.1, -0.05) is 18.2 Å². The Balaban J connectivity index is 1.28. The first-order valence-corrected chi connectivity index (χ1v) is 14.1. The highest BCUT2D eigenvalue weighted by molar-refractivity contribution is 9.10. The Hall–Kier alpha value is -4.06. The van der Waals surface area contributed by atoms with E-state index in [1.807, 2.05) is 45.2 Å². The lowest BCUT2D eigenvalue weighted by molar-refractivity contribution is -0.137. The molecule has 5 rings (SSSR count). The number of alkyl halides is 3. The Morgan fingerprint density at radius 3 is 2.57 bits per heavy atom. The second-order valence-electron chi connectivity index (χ2n) is 10.9. The van der Waals surface area contributed by atoms with Crippen molar-refractivity contribution in [3.05, 3.63) is 82.1 Å². The monoisotopic (exact) mass is 642 g/mol. The van der Waals surface area contributed by atoms with E-state index in [-0.39, 0.29) is 12.6 Å². The first kappa shape index (κ1) is 29.4. The van der Waals surface area contributed by atoms with E-state index in [0.717, 1.165) is 39.9 Å². The quantitative estimate of drug-likeness (QED) is 0.197. The highest BCUT2D eigenvalue weighted by Crippen LogP contribution is 2.33. The average molecular weight is 644 g/mol. The number of anilines is 3. The fraction of sp³-hybridized carbons (Fsp3) is 0.300. The Morgan fingerprint density at radius 1 is 1.14 bits per heavy atom. The Labute approximate surface area is 249 Å². The predicted molar refractivity (Wildman–Crippen MR) is 160 cm³/mol. The van der Waals surface area contributed by atoms with Gasteiger partial charge in [0.25, 0.3) is 0 Å². The van der Waals surface area contributed by atoms with Gasteiger partial charge in [0.05, 0.1) is 10.0 Å². The smallest absolute Gasteiger partial charge is 0.416 e. The molecule has 3 heterocycles. The first-order valence-electron chi connectivity index (χ1n) is 13.3. The van der Waals surface area contributed by atoms with E-state index in [0.29, 0.717) is 41.3 Å². The van der Waals surface area contributed by atoms with Crippen LogP contribution in [0.5, 0.6) is 0 Å². The van der Waals surface area contributed by atoms with Crippen molar-refractivity contribution < 1.29 is 22.7 Å². The molecule has 12 heteroatoms. The maximum Gasteiger partial charge on any atom is 0.416 e. The van der Waals surface area contributed by atoms with Gasteiger partial charge >= 0.3 is 12.3 Å². The molecule has 0 saturated carbocycles. The van der Waals surface area contributed by atoms with Gasteiger partial charge in [0, 0.05) is 54.2 Å². The lowest BCUT2D eigenvalue weighted by atomic mass is 9.99. The van der Waals surface area contributed by atoms with Crippen molar-refractivity contribution in [2.45, 2.75) is 45.5 Å². The second-order valence-corrected chi connectivity index (χ2v) is 11.8. The molecule has 0 aliphatic carbocycles. The van der Waals surface area contributed by atoms with Gasteiger partial charge in [-0.15, -0.1) is 0 Å². The third-order valence-corrected chi connectivity index (χ3v) is 7.21. The zero-order valence-electron chi connectivity index (χ0n) is 23.3. The molecule has 4 aromatic rings. The summed E-state index contributed by atoms with van der Waals surface area (Å²) in [4.78, 5) is 26.4. The van der Waals surface area contributed by atoms with Crippen LogP contribution in [0.3, 0.4) is 0 Å². The van der Waals surface area contributed by atoms with E-state index >= 15 is 0 Å². The molecule has 0 bridgehead atoms. The number of halogens is 4. The topological polar surface area (TPSA) is 95.2 Å². The van der Waals surface area contributed by atoms with E-state index in [4.69, 9.17) is 4.74 Å². The van der Waals surface area contributed by atoms with Crippen molar-refractivity contribution >= 4 is 56.0 Å². The maximum absolute atomic E-state index is 12.8. The van der Waals surface area contributed by atoms with Crippen molar-refractivity contribution in [2.24, 2.45) is 0 Å². The number of hydrogen-bond acceptors (Lipinski definition) is 6. The van der Waals surface area contributed by atoms with Crippen molar-refractivity contribution in [3.63, 3.8) is 0 Å². The molecule has 8 nitrogen and oxygen atoms in total. The zero-order valence-corrected chi connectivity index (χ0v) is 24.9. The SMILES string of the molecule is CC(C)(C)OC(=O)N1CC=C(c2c[nH]c3ccc(Nc4ncc(Br)c(NCc5ccc(C(F)(F)F)cc5)n4)cc23)CC1. The number of carbonyl (C=O) groups is 1. The van der Waals surface area contributed by atoms with E-state index in [9.17, 15) is 18.0 Å². The Morgan fingerprint density at radius 2 is 1.90 bits per heavy atom. The number of amides is 1. The van der Waals surface area contributed by atoms with Crippen LogP contribution < -0.4 is 10.6 Å². The Kier molecular flexibility index (Phi) is 8.18. The molecule has 1 aliphatic heterocycles. The summed E-state index contributed by atoms with van der Waals surface area (Å²) in [6.07, 6.45) is 1.65. The van der Waals surface area contributed by atoms with Crippen LogP contribution in [0, 0.1) is 0 Å². The summed E-state index contributed by atoms with van der Waals surface area (Å²) in [7, 11) is 0. The summed E-state index contributed by atoms with van der Waals surface area (Å²) in [5, 5.41) is 7.41. The number of rotatable bonds is 6. The first-order chi connectivity index (χ1) is 19.9. The van der Waals surface area contributed by atoms with Gasteiger partial charge in [-0.05, 0) is 84.6 Å². The fourth-order valence-corrected chi connectivity index (χ4v) is 4.88. The molecule has 0 radical (unpaired) electrons. The molecule has 0 saturated heterocycles. The lowest BCUT2D eigenvalue weighted by Crippen LogP contribution is -2.39. The van der Waals surface area contributed by atoms with Crippen LogP contribution >= 0.6 is 15.9 Å². The molecule has 3 N–H and O–H groups in total. The lowest BCUT2D eigenvalue weighted by Gasteiger charge is -2.29. The number of fused-ring (bicyclic) bond motifs is 1. The van der Waals surface area contributed by atoms with E-state index in [2.05, 4.69) is 47.6 Å². The van der Waals surface area contributed by atoms with Crippen molar-refractivity contribution in [1.82, 2.24) is 19.9 Å². The summed E-state index contributed by atoms with van der Waals surface area (Å²) in [5.74, 6) is 0.854. The molecule has 0 atom stereocenters. The zero-order chi connectivity index (χ0) is 30.1. The van der Waals surface area contributed by atoms with Gasteiger partial charge in [0.1, 0.15) is 11.4 Å². The summed E-state index contributed by atoms with van der Waals surface area (Å²) < 4.78 is 44.7. The minimum absolute atomic E-state index is 0.284. The minimum Gasteiger partial charge on any atom is -0.444 e. The van der Waals surface area contributed by atoms with Gasteiger partial charge in [-0.25, -0.2) is 9.78 Å². The third-order valence-electron chi connectivity index (χ3n) is 6.63. The molecule has 0 unspecified atom stereocenters.